The standard InChI is InChI=1S/C46H29N3S/c1-3-13-30(14-4-1)31-23-25-33(26-24-31)44-47-43(32-15-5-2-6-16-32)48-45(49-44)34-27-28-42-40(29-34)46(39-21-11-12-22-41(39)50-42)37-19-9-7-17-35(37)36-18-8-10-20-38(36)46/h1-29H. The molecule has 2 aliphatic rings. The van der Waals surface area contributed by atoms with Gasteiger partial charge in [0.15, 0.2) is 17.5 Å². The minimum absolute atomic E-state index is 0.467. The number of benzene rings is 7. The molecule has 0 saturated carbocycles. The zero-order valence-electron chi connectivity index (χ0n) is 27.0. The van der Waals surface area contributed by atoms with Crippen molar-refractivity contribution >= 4 is 11.8 Å². The lowest BCUT2D eigenvalue weighted by molar-refractivity contribution is 0.722. The van der Waals surface area contributed by atoms with E-state index >= 15 is 0 Å². The van der Waals surface area contributed by atoms with Gasteiger partial charge in [-0.05, 0) is 62.7 Å². The fourth-order valence-electron chi connectivity index (χ4n) is 7.79. The lowest BCUT2D eigenvalue weighted by Crippen LogP contribution is -2.32. The van der Waals surface area contributed by atoms with Gasteiger partial charge in [0.05, 0.1) is 5.41 Å². The summed E-state index contributed by atoms with van der Waals surface area (Å²) in [5, 5.41) is 0. The highest BCUT2D eigenvalue weighted by molar-refractivity contribution is 7.99. The highest BCUT2D eigenvalue weighted by Crippen LogP contribution is 2.62. The molecule has 234 valence electrons. The molecule has 0 amide bonds. The van der Waals surface area contributed by atoms with Crippen molar-refractivity contribution in [3.05, 3.63) is 198 Å². The number of hydrogen-bond acceptors (Lipinski definition) is 4. The first-order valence-corrected chi connectivity index (χ1v) is 17.7. The lowest BCUT2D eigenvalue weighted by Gasteiger charge is -2.39. The van der Waals surface area contributed by atoms with Gasteiger partial charge in [-0.15, -0.1) is 0 Å². The molecule has 1 spiro atoms. The highest BCUT2D eigenvalue weighted by Gasteiger charge is 2.50. The van der Waals surface area contributed by atoms with Crippen LogP contribution in [0, 0.1) is 0 Å². The largest absolute Gasteiger partial charge is 0.208 e. The number of rotatable bonds is 4. The Labute approximate surface area is 295 Å². The number of fused-ring (bicyclic) bond motifs is 9. The molecule has 0 atom stereocenters. The summed E-state index contributed by atoms with van der Waals surface area (Å²) in [4.78, 5) is 17.9. The number of hydrogen-bond donors (Lipinski definition) is 0. The Balaban J connectivity index is 1.18. The van der Waals surface area contributed by atoms with Crippen LogP contribution in [0.1, 0.15) is 22.3 Å². The van der Waals surface area contributed by atoms with Crippen LogP contribution in [-0.2, 0) is 5.41 Å². The lowest BCUT2D eigenvalue weighted by atomic mass is 9.67. The van der Waals surface area contributed by atoms with Crippen molar-refractivity contribution in [2.45, 2.75) is 15.2 Å². The van der Waals surface area contributed by atoms with E-state index in [0.29, 0.717) is 17.5 Å². The van der Waals surface area contributed by atoms with Crippen LogP contribution in [0.15, 0.2) is 186 Å². The van der Waals surface area contributed by atoms with E-state index in [1.165, 1.54) is 48.7 Å². The Bertz CT molecular complexity index is 2520. The van der Waals surface area contributed by atoms with Gasteiger partial charge in [0.2, 0.25) is 0 Å². The maximum atomic E-state index is 5.17. The van der Waals surface area contributed by atoms with Crippen LogP contribution < -0.4 is 0 Å². The summed E-state index contributed by atoms with van der Waals surface area (Å²) in [6, 6.07) is 62.6. The summed E-state index contributed by atoms with van der Waals surface area (Å²) in [6.07, 6.45) is 0. The predicted molar refractivity (Wildman–Crippen MR) is 203 cm³/mol. The number of aromatic nitrogens is 3. The van der Waals surface area contributed by atoms with Crippen molar-refractivity contribution in [1.29, 1.82) is 0 Å². The van der Waals surface area contributed by atoms with Crippen molar-refractivity contribution in [3.8, 4) is 56.4 Å². The third-order valence-electron chi connectivity index (χ3n) is 10.0. The molecule has 8 aromatic rings. The van der Waals surface area contributed by atoms with E-state index in [9.17, 15) is 0 Å². The topological polar surface area (TPSA) is 38.7 Å². The van der Waals surface area contributed by atoms with Crippen LogP contribution >= 0.6 is 11.8 Å². The van der Waals surface area contributed by atoms with E-state index in [1.54, 1.807) is 0 Å². The Morgan fingerprint density at radius 2 is 0.740 bits per heavy atom. The molecule has 0 unspecified atom stereocenters. The van der Waals surface area contributed by atoms with E-state index in [4.69, 9.17) is 15.0 Å². The highest BCUT2D eigenvalue weighted by atomic mass is 32.2. The average Bonchev–Trinajstić information content (AvgIpc) is 3.49. The summed E-state index contributed by atoms with van der Waals surface area (Å²) in [6.45, 7) is 0. The predicted octanol–water partition coefficient (Wildman–Crippen LogP) is 11.4. The smallest absolute Gasteiger partial charge is 0.164 e. The Hall–Kier alpha value is -6.10. The zero-order valence-corrected chi connectivity index (χ0v) is 27.8. The normalized spacial score (nSPS) is 13.3. The average molecular weight is 656 g/mol. The van der Waals surface area contributed by atoms with Crippen molar-refractivity contribution < 1.29 is 0 Å². The van der Waals surface area contributed by atoms with Crippen LogP contribution in [0.4, 0.5) is 0 Å². The van der Waals surface area contributed by atoms with Gasteiger partial charge < -0.3 is 0 Å². The summed E-state index contributed by atoms with van der Waals surface area (Å²) >= 11 is 1.84. The van der Waals surface area contributed by atoms with Crippen molar-refractivity contribution in [2.75, 3.05) is 0 Å². The first kappa shape index (κ1) is 28.9. The molecule has 50 heavy (non-hydrogen) atoms. The van der Waals surface area contributed by atoms with Crippen molar-refractivity contribution in [2.24, 2.45) is 0 Å². The maximum Gasteiger partial charge on any atom is 0.164 e. The second kappa shape index (κ2) is 11.5. The van der Waals surface area contributed by atoms with Gasteiger partial charge in [0.1, 0.15) is 0 Å². The first-order chi connectivity index (χ1) is 24.8. The molecule has 3 nitrogen and oxygen atoms in total. The summed E-state index contributed by atoms with van der Waals surface area (Å²) in [5.41, 5.74) is 12.5. The molecule has 1 aliphatic heterocycles. The van der Waals surface area contributed by atoms with E-state index < -0.39 is 5.41 Å². The number of nitrogens with zero attached hydrogens (tertiary/aromatic N) is 3. The second-order valence-electron chi connectivity index (χ2n) is 12.8. The molecular formula is C46H29N3S. The van der Waals surface area contributed by atoms with Gasteiger partial charge in [0, 0.05) is 26.5 Å². The third-order valence-corrected chi connectivity index (χ3v) is 11.2. The molecule has 7 aromatic carbocycles. The van der Waals surface area contributed by atoms with Crippen LogP contribution in [0.3, 0.4) is 0 Å². The Kier molecular flexibility index (Phi) is 6.64. The van der Waals surface area contributed by atoms with Gasteiger partial charge in [-0.25, -0.2) is 15.0 Å². The minimum atomic E-state index is -0.467. The minimum Gasteiger partial charge on any atom is -0.208 e. The van der Waals surface area contributed by atoms with Crippen LogP contribution in [0.5, 0.6) is 0 Å². The fourth-order valence-corrected chi connectivity index (χ4v) is 8.96. The molecule has 10 rings (SSSR count). The van der Waals surface area contributed by atoms with E-state index in [-0.39, 0.29) is 0 Å². The molecule has 1 aromatic heterocycles. The first-order valence-electron chi connectivity index (χ1n) is 16.9. The Morgan fingerprint density at radius 3 is 1.38 bits per heavy atom. The van der Waals surface area contributed by atoms with Gasteiger partial charge in [-0.3, -0.25) is 0 Å². The monoisotopic (exact) mass is 655 g/mol. The van der Waals surface area contributed by atoms with E-state index in [0.717, 1.165) is 22.3 Å². The van der Waals surface area contributed by atoms with Crippen LogP contribution in [0.25, 0.3) is 56.4 Å². The quantitative estimate of drug-likeness (QED) is 0.189. The molecule has 0 radical (unpaired) electrons. The second-order valence-corrected chi connectivity index (χ2v) is 13.8. The SMILES string of the molecule is c1ccc(-c2ccc(-c3nc(-c4ccccc4)nc(-c4ccc5c(c4)C4(c6ccccc6S5)c5ccccc5-c5ccccc54)n3)cc2)cc1. The molecule has 0 saturated heterocycles. The van der Waals surface area contributed by atoms with Gasteiger partial charge in [-0.2, -0.15) is 0 Å². The van der Waals surface area contributed by atoms with Gasteiger partial charge >= 0.3 is 0 Å². The van der Waals surface area contributed by atoms with Gasteiger partial charge in [0.25, 0.3) is 0 Å². The maximum absolute atomic E-state index is 5.17. The summed E-state index contributed by atoms with van der Waals surface area (Å²) in [5.74, 6) is 1.96. The van der Waals surface area contributed by atoms with E-state index in [2.05, 4.69) is 152 Å². The van der Waals surface area contributed by atoms with Gasteiger partial charge in [-0.1, -0.05) is 169 Å². The zero-order chi connectivity index (χ0) is 33.1. The van der Waals surface area contributed by atoms with Crippen molar-refractivity contribution in [1.82, 2.24) is 15.0 Å². The third kappa shape index (κ3) is 4.42. The molecule has 0 bridgehead atoms. The Morgan fingerprint density at radius 1 is 0.320 bits per heavy atom. The molecule has 4 heteroatoms. The molecular weight excluding hydrogens is 627 g/mol. The van der Waals surface area contributed by atoms with E-state index in [1.807, 2.05) is 36.0 Å². The van der Waals surface area contributed by atoms with Crippen LogP contribution in [-0.4, -0.2) is 15.0 Å². The summed E-state index contributed by atoms with van der Waals surface area (Å²) < 4.78 is 0. The molecule has 1 aliphatic carbocycles. The molecule has 0 N–H and O–H groups in total. The van der Waals surface area contributed by atoms with Crippen molar-refractivity contribution in [3.63, 3.8) is 0 Å². The van der Waals surface area contributed by atoms with Crippen LogP contribution in [0.2, 0.25) is 0 Å². The fraction of sp³-hybridized carbons (Fsp3) is 0.0217. The molecule has 0 fully saturated rings. The molecule has 2 heterocycles. The summed E-state index contributed by atoms with van der Waals surface area (Å²) in [7, 11) is 0.